The van der Waals surface area contributed by atoms with Gasteiger partial charge in [0.1, 0.15) is 0 Å². The van der Waals surface area contributed by atoms with Crippen molar-refractivity contribution in [1.29, 1.82) is 0 Å². The van der Waals surface area contributed by atoms with Crippen molar-refractivity contribution in [3.05, 3.63) is 18.5 Å². The summed E-state index contributed by atoms with van der Waals surface area (Å²) < 4.78 is 2.03. The zero-order valence-electron chi connectivity index (χ0n) is 12.4. The average molecular weight is 262 g/mol. The molecule has 2 heterocycles. The van der Waals surface area contributed by atoms with E-state index < -0.39 is 0 Å². The Morgan fingerprint density at radius 2 is 2.05 bits per heavy atom. The Morgan fingerprint density at radius 1 is 1.26 bits per heavy atom. The van der Waals surface area contributed by atoms with Gasteiger partial charge in [-0.1, -0.05) is 0 Å². The zero-order chi connectivity index (χ0) is 13.5. The van der Waals surface area contributed by atoms with E-state index in [2.05, 4.69) is 42.3 Å². The smallest absolute Gasteiger partial charge is 0.0536 e. The van der Waals surface area contributed by atoms with Crippen molar-refractivity contribution in [1.82, 2.24) is 20.0 Å². The molecule has 1 aliphatic carbocycles. The Morgan fingerprint density at radius 3 is 2.68 bits per heavy atom. The third-order valence-corrected chi connectivity index (χ3v) is 4.94. The first-order chi connectivity index (χ1) is 9.00. The molecule has 0 bridgehead atoms. The second-order valence-electron chi connectivity index (χ2n) is 7.05. The fourth-order valence-electron chi connectivity index (χ4n) is 3.23. The van der Waals surface area contributed by atoms with Crippen LogP contribution in [0.3, 0.4) is 0 Å². The highest BCUT2D eigenvalue weighted by Gasteiger charge is 2.47. The van der Waals surface area contributed by atoms with Crippen LogP contribution in [0.4, 0.5) is 0 Å². The van der Waals surface area contributed by atoms with Gasteiger partial charge in [0, 0.05) is 43.1 Å². The molecule has 19 heavy (non-hydrogen) atoms. The first kappa shape index (κ1) is 13.1. The van der Waals surface area contributed by atoms with Gasteiger partial charge in [-0.15, -0.1) is 0 Å². The lowest BCUT2D eigenvalue weighted by molar-refractivity contribution is 0.0212. The molecule has 2 aliphatic rings. The van der Waals surface area contributed by atoms with Gasteiger partial charge in [0.15, 0.2) is 0 Å². The van der Waals surface area contributed by atoms with Crippen molar-refractivity contribution in [2.75, 3.05) is 19.6 Å². The SMILES string of the molecule is CC1(C2CC2)CN(CCn2cccn2)C(C)(C)CN1. The maximum absolute atomic E-state index is 4.31. The largest absolute Gasteiger partial charge is 0.308 e. The lowest BCUT2D eigenvalue weighted by atomic mass is 9.86. The van der Waals surface area contributed by atoms with Crippen molar-refractivity contribution in [3.63, 3.8) is 0 Å². The van der Waals surface area contributed by atoms with Crippen molar-refractivity contribution in [2.45, 2.75) is 51.2 Å². The van der Waals surface area contributed by atoms with Gasteiger partial charge in [0.25, 0.3) is 0 Å². The Labute approximate surface area is 116 Å². The third kappa shape index (κ3) is 2.70. The minimum atomic E-state index is 0.238. The van der Waals surface area contributed by atoms with Crippen LogP contribution in [0.15, 0.2) is 18.5 Å². The van der Waals surface area contributed by atoms with Crippen LogP contribution in [-0.2, 0) is 6.54 Å². The first-order valence-corrected chi connectivity index (χ1v) is 7.47. The second kappa shape index (κ2) is 4.60. The molecule has 1 unspecified atom stereocenters. The van der Waals surface area contributed by atoms with Gasteiger partial charge < -0.3 is 5.32 Å². The molecule has 0 spiro atoms. The number of rotatable bonds is 4. The highest BCUT2D eigenvalue weighted by molar-refractivity contribution is 5.06. The summed E-state index contributed by atoms with van der Waals surface area (Å²) in [6.45, 7) is 11.4. The molecule has 1 aromatic heterocycles. The molecular weight excluding hydrogens is 236 g/mol. The standard InChI is InChI=1S/C15H26N4/c1-14(2)11-16-15(3,13-5-6-13)12-18(14)9-10-19-8-4-7-17-19/h4,7-8,13,16H,5-6,9-12H2,1-3H3. The van der Waals surface area contributed by atoms with Gasteiger partial charge in [-0.25, -0.2) is 0 Å². The molecule has 1 aliphatic heterocycles. The molecule has 0 aromatic carbocycles. The summed E-state index contributed by atoms with van der Waals surface area (Å²) in [5, 5.41) is 8.11. The first-order valence-electron chi connectivity index (χ1n) is 7.47. The number of hydrogen-bond acceptors (Lipinski definition) is 3. The quantitative estimate of drug-likeness (QED) is 0.897. The van der Waals surface area contributed by atoms with Gasteiger partial charge in [0.2, 0.25) is 0 Å². The molecule has 1 atom stereocenters. The molecule has 0 amide bonds. The lowest BCUT2D eigenvalue weighted by Gasteiger charge is -2.51. The minimum Gasteiger partial charge on any atom is -0.308 e. The number of piperazine rings is 1. The van der Waals surface area contributed by atoms with Crippen molar-refractivity contribution >= 4 is 0 Å². The van der Waals surface area contributed by atoms with E-state index in [9.17, 15) is 0 Å². The summed E-state index contributed by atoms with van der Waals surface area (Å²) in [5.74, 6) is 0.885. The van der Waals surface area contributed by atoms with Crippen LogP contribution in [0.2, 0.25) is 0 Å². The van der Waals surface area contributed by atoms with Crippen LogP contribution in [0.25, 0.3) is 0 Å². The van der Waals surface area contributed by atoms with Crippen molar-refractivity contribution < 1.29 is 0 Å². The van der Waals surface area contributed by atoms with Gasteiger partial charge in [-0.05, 0) is 45.6 Å². The molecule has 1 saturated heterocycles. The predicted octanol–water partition coefficient (Wildman–Crippen LogP) is 1.74. The molecule has 1 saturated carbocycles. The van der Waals surface area contributed by atoms with E-state index in [1.54, 1.807) is 0 Å². The maximum Gasteiger partial charge on any atom is 0.0536 e. The normalized spacial score (nSPS) is 31.5. The summed E-state index contributed by atoms with van der Waals surface area (Å²) in [4.78, 5) is 2.64. The summed E-state index contributed by atoms with van der Waals surface area (Å²) in [6, 6.07) is 2.00. The van der Waals surface area contributed by atoms with E-state index in [0.29, 0.717) is 5.54 Å². The number of hydrogen-bond donors (Lipinski definition) is 1. The Bertz CT molecular complexity index is 421. The molecule has 4 heteroatoms. The summed E-state index contributed by atoms with van der Waals surface area (Å²) in [7, 11) is 0. The fraction of sp³-hybridized carbons (Fsp3) is 0.800. The highest BCUT2D eigenvalue weighted by atomic mass is 15.3. The van der Waals surface area contributed by atoms with Gasteiger partial charge in [0.05, 0.1) is 6.54 Å². The number of aromatic nitrogens is 2. The van der Waals surface area contributed by atoms with Crippen LogP contribution in [0, 0.1) is 5.92 Å². The molecule has 1 N–H and O–H groups in total. The third-order valence-electron chi connectivity index (χ3n) is 4.94. The summed E-state index contributed by atoms with van der Waals surface area (Å²) in [6.07, 6.45) is 6.71. The van der Waals surface area contributed by atoms with Crippen LogP contribution in [0.5, 0.6) is 0 Å². The minimum absolute atomic E-state index is 0.238. The van der Waals surface area contributed by atoms with E-state index in [0.717, 1.165) is 32.1 Å². The Hall–Kier alpha value is -0.870. The molecular formula is C15H26N4. The van der Waals surface area contributed by atoms with Gasteiger partial charge in [-0.3, -0.25) is 9.58 Å². The van der Waals surface area contributed by atoms with Crippen LogP contribution < -0.4 is 5.32 Å². The van der Waals surface area contributed by atoms with Gasteiger partial charge >= 0.3 is 0 Å². The monoisotopic (exact) mass is 262 g/mol. The highest BCUT2D eigenvalue weighted by Crippen LogP contribution is 2.42. The summed E-state index contributed by atoms with van der Waals surface area (Å²) >= 11 is 0. The van der Waals surface area contributed by atoms with Crippen LogP contribution in [0.1, 0.15) is 33.6 Å². The Kier molecular flexibility index (Phi) is 3.18. The molecule has 2 fully saturated rings. The van der Waals surface area contributed by atoms with Crippen LogP contribution in [-0.4, -0.2) is 45.4 Å². The number of nitrogens with one attached hydrogen (secondary N) is 1. The van der Waals surface area contributed by atoms with Gasteiger partial charge in [-0.2, -0.15) is 5.10 Å². The lowest BCUT2D eigenvalue weighted by Crippen LogP contribution is -2.68. The van der Waals surface area contributed by atoms with E-state index in [1.165, 1.54) is 12.8 Å². The Balaban J connectivity index is 1.65. The molecule has 0 radical (unpaired) electrons. The number of nitrogens with zero attached hydrogens (tertiary/aromatic N) is 3. The molecule has 4 nitrogen and oxygen atoms in total. The van der Waals surface area contributed by atoms with E-state index in [1.807, 2.05) is 16.9 Å². The van der Waals surface area contributed by atoms with Crippen molar-refractivity contribution in [3.8, 4) is 0 Å². The topological polar surface area (TPSA) is 33.1 Å². The molecule has 1 aromatic rings. The zero-order valence-corrected chi connectivity index (χ0v) is 12.4. The van der Waals surface area contributed by atoms with Crippen molar-refractivity contribution in [2.24, 2.45) is 5.92 Å². The fourth-order valence-corrected chi connectivity index (χ4v) is 3.23. The second-order valence-corrected chi connectivity index (χ2v) is 7.05. The molecule has 3 rings (SSSR count). The van der Waals surface area contributed by atoms with E-state index in [4.69, 9.17) is 0 Å². The summed E-state index contributed by atoms with van der Waals surface area (Å²) in [5.41, 5.74) is 0.557. The average Bonchev–Trinajstić information content (AvgIpc) is 3.10. The maximum atomic E-state index is 4.31. The van der Waals surface area contributed by atoms with E-state index in [-0.39, 0.29) is 5.54 Å². The van der Waals surface area contributed by atoms with Crippen LogP contribution >= 0.6 is 0 Å². The predicted molar refractivity (Wildman–Crippen MR) is 77.0 cm³/mol. The van der Waals surface area contributed by atoms with E-state index >= 15 is 0 Å². The molecule has 106 valence electrons.